The van der Waals surface area contributed by atoms with Crippen LogP contribution in [0, 0.1) is 0 Å². The van der Waals surface area contributed by atoms with Crippen LogP contribution >= 0.6 is 11.8 Å². The molecule has 0 radical (unpaired) electrons. The molecule has 1 amide bonds. The molecule has 3 aromatic rings. The van der Waals surface area contributed by atoms with Crippen molar-refractivity contribution >= 4 is 17.7 Å². The molecule has 2 aromatic carbocycles. The van der Waals surface area contributed by atoms with Crippen LogP contribution in [0.15, 0.2) is 59.8 Å². The zero-order valence-corrected chi connectivity index (χ0v) is 18.0. The molecule has 1 N–H and O–H groups in total. The molecule has 30 heavy (non-hydrogen) atoms. The highest BCUT2D eigenvalue weighted by molar-refractivity contribution is 7.99. The summed E-state index contributed by atoms with van der Waals surface area (Å²) in [5.74, 6) is 2.32. The van der Waals surface area contributed by atoms with E-state index in [0.29, 0.717) is 19.6 Å². The molecule has 0 saturated carbocycles. The van der Waals surface area contributed by atoms with Gasteiger partial charge in [-0.1, -0.05) is 42.1 Å². The van der Waals surface area contributed by atoms with E-state index in [4.69, 9.17) is 9.47 Å². The molecule has 0 aliphatic carbocycles. The minimum atomic E-state index is 0.0363. The third-order valence-electron chi connectivity index (χ3n) is 4.38. The van der Waals surface area contributed by atoms with Crippen molar-refractivity contribution in [3.05, 3.63) is 54.6 Å². The Morgan fingerprint density at radius 3 is 2.70 bits per heavy atom. The Kier molecular flexibility index (Phi) is 8.29. The van der Waals surface area contributed by atoms with E-state index < -0.39 is 0 Å². The Hall–Kier alpha value is -2.84. The molecule has 1 aromatic heterocycles. The van der Waals surface area contributed by atoms with Crippen LogP contribution in [-0.2, 0) is 9.53 Å². The number of hydrogen-bond acceptors (Lipinski definition) is 6. The third-order valence-corrected chi connectivity index (χ3v) is 5.40. The van der Waals surface area contributed by atoms with Crippen LogP contribution in [0.3, 0.4) is 0 Å². The molecule has 158 valence electrons. The maximum atomic E-state index is 11.8. The highest BCUT2D eigenvalue weighted by Gasteiger charge is 2.16. The Morgan fingerprint density at radius 2 is 1.93 bits per heavy atom. The molecule has 0 fully saturated rings. The summed E-state index contributed by atoms with van der Waals surface area (Å²) in [5.41, 5.74) is 1.91. The molecular formula is C22H26N4O3S. The Bertz CT molecular complexity index is 947. The van der Waals surface area contributed by atoms with Crippen LogP contribution in [0.1, 0.15) is 12.8 Å². The molecule has 1 heterocycles. The lowest BCUT2D eigenvalue weighted by atomic mass is 10.2. The SMILES string of the molecule is COCCNC(=O)CCCSc1nnc(-c2cccc(OC)c2)n1-c1ccccc1. The normalized spacial score (nSPS) is 10.7. The molecule has 0 aliphatic heterocycles. The van der Waals surface area contributed by atoms with Crippen molar-refractivity contribution < 1.29 is 14.3 Å². The number of hydrogen-bond donors (Lipinski definition) is 1. The van der Waals surface area contributed by atoms with Gasteiger partial charge in [0, 0.05) is 37.1 Å². The van der Waals surface area contributed by atoms with Crippen LogP contribution in [0.4, 0.5) is 0 Å². The van der Waals surface area contributed by atoms with Crippen molar-refractivity contribution in [2.45, 2.75) is 18.0 Å². The van der Waals surface area contributed by atoms with Gasteiger partial charge < -0.3 is 14.8 Å². The fourth-order valence-corrected chi connectivity index (χ4v) is 3.79. The Balaban J connectivity index is 1.73. The summed E-state index contributed by atoms with van der Waals surface area (Å²) in [5, 5.41) is 12.5. The zero-order chi connectivity index (χ0) is 21.2. The number of benzene rings is 2. The van der Waals surface area contributed by atoms with Gasteiger partial charge in [-0.3, -0.25) is 9.36 Å². The van der Waals surface area contributed by atoms with Gasteiger partial charge in [-0.25, -0.2) is 0 Å². The maximum absolute atomic E-state index is 11.8. The van der Waals surface area contributed by atoms with Crippen molar-refractivity contribution in [1.82, 2.24) is 20.1 Å². The van der Waals surface area contributed by atoms with Crippen molar-refractivity contribution in [1.29, 1.82) is 0 Å². The van der Waals surface area contributed by atoms with Crippen molar-refractivity contribution in [2.75, 3.05) is 33.1 Å². The molecule has 0 bridgehead atoms. The number of thioether (sulfide) groups is 1. The van der Waals surface area contributed by atoms with Gasteiger partial charge in [-0.15, -0.1) is 10.2 Å². The fraction of sp³-hybridized carbons (Fsp3) is 0.318. The van der Waals surface area contributed by atoms with Gasteiger partial charge >= 0.3 is 0 Å². The van der Waals surface area contributed by atoms with Crippen molar-refractivity contribution in [3.8, 4) is 22.8 Å². The second-order valence-electron chi connectivity index (χ2n) is 6.50. The summed E-state index contributed by atoms with van der Waals surface area (Å²) < 4.78 is 12.3. The van der Waals surface area contributed by atoms with Crippen LogP contribution in [0.2, 0.25) is 0 Å². The van der Waals surface area contributed by atoms with E-state index >= 15 is 0 Å². The van der Waals surface area contributed by atoms with E-state index in [1.165, 1.54) is 0 Å². The highest BCUT2D eigenvalue weighted by atomic mass is 32.2. The molecule has 0 spiro atoms. The first kappa shape index (κ1) is 21.9. The van der Waals surface area contributed by atoms with Gasteiger partial charge in [-0.2, -0.15) is 0 Å². The van der Waals surface area contributed by atoms with Crippen LogP contribution in [0.25, 0.3) is 17.1 Å². The predicted molar refractivity (Wildman–Crippen MR) is 118 cm³/mol. The second kappa shape index (κ2) is 11.4. The van der Waals surface area contributed by atoms with E-state index in [0.717, 1.165) is 40.2 Å². The lowest BCUT2D eigenvalue weighted by Crippen LogP contribution is -2.26. The van der Waals surface area contributed by atoms with Gasteiger partial charge in [0.25, 0.3) is 0 Å². The summed E-state index contributed by atoms with van der Waals surface area (Å²) in [6.45, 7) is 1.06. The molecule has 0 aliphatic rings. The number of carbonyl (C=O) groups is 1. The van der Waals surface area contributed by atoms with Crippen molar-refractivity contribution in [3.63, 3.8) is 0 Å². The standard InChI is InChI=1S/C22H26N4O3S/c1-28-14-13-23-20(27)12-7-15-30-22-25-24-21(17-8-6-11-19(16-17)29-2)26(22)18-9-4-3-5-10-18/h3-6,8-11,16H,7,12-15H2,1-2H3,(H,23,27). The summed E-state index contributed by atoms with van der Waals surface area (Å²) >= 11 is 1.59. The largest absolute Gasteiger partial charge is 0.497 e. The first-order valence-electron chi connectivity index (χ1n) is 9.76. The van der Waals surface area contributed by atoms with Gasteiger partial charge in [0.05, 0.1) is 13.7 Å². The van der Waals surface area contributed by atoms with E-state index in [9.17, 15) is 4.79 Å². The molecular weight excluding hydrogens is 400 g/mol. The number of carbonyl (C=O) groups excluding carboxylic acids is 1. The summed E-state index contributed by atoms with van der Waals surface area (Å²) in [6, 6.07) is 17.8. The highest BCUT2D eigenvalue weighted by Crippen LogP contribution is 2.30. The van der Waals surface area contributed by atoms with Crippen LogP contribution < -0.4 is 10.1 Å². The average Bonchev–Trinajstić information content (AvgIpc) is 3.21. The van der Waals surface area contributed by atoms with E-state index in [2.05, 4.69) is 15.5 Å². The van der Waals surface area contributed by atoms with E-state index in [1.807, 2.05) is 59.2 Å². The number of aromatic nitrogens is 3. The Morgan fingerprint density at radius 1 is 1.10 bits per heavy atom. The first-order chi connectivity index (χ1) is 14.7. The molecule has 0 unspecified atom stereocenters. The molecule has 8 heteroatoms. The van der Waals surface area contributed by atoms with Crippen LogP contribution in [0.5, 0.6) is 5.75 Å². The van der Waals surface area contributed by atoms with Crippen LogP contribution in [-0.4, -0.2) is 53.8 Å². The quantitative estimate of drug-likeness (QED) is 0.373. The number of ether oxygens (including phenoxy) is 2. The number of amides is 1. The topological polar surface area (TPSA) is 78.3 Å². The van der Waals surface area contributed by atoms with E-state index in [1.54, 1.807) is 26.0 Å². The minimum absolute atomic E-state index is 0.0363. The molecule has 0 saturated heterocycles. The molecule has 0 atom stereocenters. The smallest absolute Gasteiger partial charge is 0.220 e. The van der Waals surface area contributed by atoms with Gasteiger partial charge in [-0.05, 0) is 30.7 Å². The lowest BCUT2D eigenvalue weighted by molar-refractivity contribution is -0.121. The number of nitrogens with one attached hydrogen (secondary N) is 1. The summed E-state index contributed by atoms with van der Waals surface area (Å²) in [4.78, 5) is 11.8. The second-order valence-corrected chi connectivity index (χ2v) is 7.57. The molecule has 7 nitrogen and oxygen atoms in total. The number of nitrogens with zero attached hydrogens (tertiary/aromatic N) is 3. The van der Waals surface area contributed by atoms with Gasteiger partial charge in [0.1, 0.15) is 5.75 Å². The summed E-state index contributed by atoms with van der Waals surface area (Å²) in [6.07, 6.45) is 1.22. The molecule has 3 rings (SSSR count). The van der Waals surface area contributed by atoms with Gasteiger partial charge in [0.15, 0.2) is 11.0 Å². The first-order valence-corrected chi connectivity index (χ1v) is 10.7. The van der Waals surface area contributed by atoms with E-state index in [-0.39, 0.29) is 5.91 Å². The Labute approximate surface area is 180 Å². The number of para-hydroxylation sites is 1. The lowest BCUT2D eigenvalue weighted by Gasteiger charge is -2.11. The minimum Gasteiger partial charge on any atom is -0.497 e. The fourth-order valence-electron chi connectivity index (χ4n) is 2.90. The van der Waals surface area contributed by atoms with Gasteiger partial charge in [0.2, 0.25) is 5.91 Å². The van der Waals surface area contributed by atoms with Crippen molar-refractivity contribution in [2.24, 2.45) is 0 Å². The predicted octanol–water partition coefficient (Wildman–Crippen LogP) is 3.58. The summed E-state index contributed by atoms with van der Waals surface area (Å²) in [7, 11) is 3.26. The zero-order valence-electron chi connectivity index (χ0n) is 17.2. The monoisotopic (exact) mass is 426 g/mol. The maximum Gasteiger partial charge on any atom is 0.220 e. The number of methoxy groups -OCH3 is 2. The third kappa shape index (κ3) is 5.84. The average molecular weight is 427 g/mol. The number of rotatable bonds is 11.